The maximum atomic E-state index is 13.3. The summed E-state index contributed by atoms with van der Waals surface area (Å²) in [5, 5.41) is 86.0. The molecule has 0 bridgehead atoms. The molecule has 2 saturated heterocycles. The summed E-state index contributed by atoms with van der Waals surface area (Å²) in [6.07, 6.45) is -14.3. The van der Waals surface area contributed by atoms with Crippen LogP contribution in [0.15, 0.2) is 59.0 Å². The molecular weight excluding hydrogens is 885 g/mol. The van der Waals surface area contributed by atoms with Gasteiger partial charge in [-0.2, -0.15) is 0 Å². The first-order valence-corrected chi connectivity index (χ1v) is 21.0. The molecule has 10 atom stereocenters. The molecule has 0 radical (unpaired) electrons. The van der Waals surface area contributed by atoms with Crippen molar-refractivity contribution >= 4 is 47.8 Å². The Kier molecular flexibility index (Phi) is 15.0. The minimum Gasteiger partial charge on any atom is -0.479 e. The number of carboxylic acids is 2. The smallest absolute Gasteiger partial charge is 0.335 e. The molecule has 12 N–H and O–H groups in total. The van der Waals surface area contributed by atoms with E-state index < -0.39 is 85.3 Å². The molecule has 0 spiro atoms. The van der Waals surface area contributed by atoms with Gasteiger partial charge < -0.3 is 80.4 Å². The van der Waals surface area contributed by atoms with Crippen LogP contribution in [-0.4, -0.2) is 148 Å². The highest BCUT2D eigenvalue weighted by Gasteiger charge is 2.50. The molecule has 2 aromatic heterocycles. The van der Waals surface area contributed by atoms with E-state index in [1.165, 1.54) is 12.2 Å². The van der Waals surface area contributed by atoms with Crippen LogP contribution in [-0.2, 0) is 67.0 Å². The van der Waals surface area contributed by atoms with Crippen molar-refractivity contribution in [2.45, 2.75) is 121 Å². The number of allylic oxidation sites excluding steroid dienone is 2. The zero-order valence-corrected chi connectivity index (χ0v) is 36.7. The van der Waals surface area contributed by atoms with Crippen LogP contribution in [0.2, 0.25) is 0 Å². The number of amides is 2. The topological polar surface area (TPSA) is 357 Å². The number of aromatic amines is 2. The Bertz CT molecular complexity index is 2530. The molecule has 2 fully saturated rings. The van der Waals surface area contributed by atoms with Gasteiger partial charge in [0.2, 0.25) is 12.6 Å². The van der Waals surface area contributed by atoms with Gasteiger partial charge in [0.25, 0.3) is 11.8 Å². The molecule has 22 nitrogen and oxygen atoms in total. The van der Waals surface area contributed by atoms with Crippen molar-refractivity contribution < 1.29 is 88.6 Å². The van der Waals surface area contributed by atoms with E-state index in [1.807, 2.05) is 0 Å². The number of nitrogens with one attached hydrogen (secondary N) is 4. The first kappa shape index (κ1) is 49.9. The van der Waals surface area contributed by atoms with Crippen LogP contribution < -0.4 is 10.6 Å². The molecule has 4 aliphatic heterocycles. The van der Waals surface area contributed by atoms with Gasteiger partial charge in [0.1, 0.15) is 36.6 Å². The largest absolute Gasteiger partial charge is 0.479 e. The Balaban J connectivity index is 1.35. The van der Waals surface area contributed by atoms with Crippen molar-refractivity contribution in [3.05, 3.63) is 104 Å². The van der Waals surface area contributed by atoms with Crippen LogP contribution in [0.5, 0.6) is 0 Å². The number of aliphatic hydroxyl groups excluding tert-OH is 6. The molecule has 2 amide bonds. The summed E-state index contributed by atoms with van der Waals surface area (Å²) in [5.41, 5.74) is 7.33. The lowest BCUT2D eigenvalue weighted by atomic mass is 9.98. The first-order valence-electron chi connectivity index (χ1n) is 21.0. The van der Waals surface area contributed by atoms with Crippen LogP contribution in [0.3, 0.4) is 0 Å². The molecule has 0 saturated carbocycles. The number of hydrogen-bond donors (Lipinski definition) is 12. The normalized spacial score (nSPS) is 28.7. The van der Waals surface area contributed by atoms with Crippen molar-refractivity contribution in [3.63, 3.8) is 0 Å². The van der Waals surface area contributed by atoms with Crippen LogP contribution in [0.1, 0.15) is 71.7 Å². The van der Waals surface area contributed by atoms with E-state index in [0.29, 0.717) is 78.7 Å². The van der Waals surface area contributed by atoms with Crippen LogP contribution in [0.4, 0.5) is 0 Å². The van der Waals surface area contributed by atoms with Gasteiger partial charge in [0.05, 0.1) is 5.70 Å². The minimum absolute atomic E-state index is 0.0340. The number of aliphatic hydroxyl groups is 6. The summed E-state index contributed by atoms with van der Waals surface area (Å²) >= 11 is 0. The number of rotatable bonds is 16. The molecule has 6 heterocycles. The molecule has 0 aliphatic carbocycles. The lowest BCUT2D eigenvalue weighted by molar-refractivity contribution is -0.286. The number of aliphatic carboxylic acids is 2. The number of ether oxygens (including phenoxy) is 4. The fraction of sp³-hybridized carbons (Fsp3) is 0.422. The number of esters is 2. The van der Waals surface area contributed by atoms with Gasteiger partial charge in [-0.15, -0.1) is 0 Å². The van der Waals surface area contributed by atoms with Gasteiger partial charge in [-0.05, 0) is 80.5 Å². The molecule has 360 valence electrons. The van der Waals surface area contributed by atoms with E-state index in [1.54, 1.807) is 39.8 Å². The zero-order chi connectivity index (χ0) is 49.3. The second kappa shape index (κ2) is 20.2. The molecule has 0 aromatic carbocycles. The Hall–Kier alpha value is -6.50. The number of aromatic nitrogens is 2. The predicted molar refractivity (Wildman–Crippen MR) is 229 cm³/mol. The maximum absolute atomic E-state index is 13.3. The third-order valence-electron chi connectivity index (χ3n) is 12.2. The van der Waals surface area contributed by atoms with Gasteiger partial charge in [-0.1, -0.05) is 25.3 Å². The summed E-state index contributed by atoms with van der Waals surface area (Å²) in [6, 6.07) is 0. The molecule has 6 rings (SSSR count). The summed E-state index contributed by atoms with van der Waals surface area (Å²) in [4.78, 5) is 81.9. The number of H-pyrrole nitrogens is 2. The van der Waals surface area contributed by atoms with Crippen molar-refractivity contribution in [2.24, 2.45) is 0 Å². The highest BCUT2D eigenvalue weighted by atomic mass is 16.7. The van der Waals surface area contributed by atoms with Crippen LogP contribution in [0, 0.1) is 13.8 Å². The summed E-state index contributed by atoms with van der Waals surface area (Å²) in [6.45, 7) is 14.4. The summed E-state index contributed by atoms with van der Waals surface area (Å²) in [7, 11) is 0. The zero-order valence-electron chi connectivity index (χ0n) is 36.7. The third-order valence-corrected chi connectivity index (χ3v) is 12.2. The monoisotopic (exact) mass is 936 g/mol. The Morgan fingerprint density at radius 1 is 0.597 bits per heavy atom. The van der Waals surface area contributed by atoms with Gasteiger partial charge in [0, 0.05) is 64.5 Å². The first-order chi connectivity index (χ1) is 31.6. The second-order valence-electron chi connectivity index (χ2n) is 16.4. The van der Waals surface area contributed by atoms with Crippen molar-refractivity contribution in [1.82, 2.24) is 20.6 Å². The molecule has 22 heteroatoms. The molecule has 67 heavy (non-hydrogen) atoms. The van der Waals surface area contributed by atoms with Crippen molar-refractivity contribution in [1.29, 1.82) is 0 Å². The molecule has 2 aromatic rings. The fourth-order valence-corrected chi connectivity index (χ4v) is 8.28. The summed E-state index contributed by atoms with van der Waals surface area (Å²) < 4.78 is 20.8. The van der Waals surface area contributed by atoms with Crippen molar-refractivity contribution in [2.75, 3.05) is 0 Å². The lowest BCUT2D eigenvalue weighted by Crippen LogP contribution is -2.60. The van der Waals surface area contributed by atoms with E-state index in [4.69, 9.17) is 18.9 Å². The van der Waals surface area contributed by atoms with Crippen LogP contribution in [0.25, 0.3) is 12.2 Å². The molecule has 0 unspecified atom stereocenters. The molecule has 4 aliphatic rings. The number of carbonyl (C=O) groups excluding carboxylic acids is 4. The number of carbonyl (C=O) groups is 6. The average Bonchev–Trinajstić information content (AvgIpc) is 3.93. The second-order valence-corrected chi connectivity index (χ2v) is 16.4. The van der Waals surface area contributed by atoms with E-state index in [2.05, 4.69) is 33.8 Å². The highest BCUT2D eigenvalue weighted by Crippen LogP contribution is 2.33. The number of carboxylic acid groups (broad SMARTS) is 2. The highest BCUT2D eigenvalue weighted by molar-refractivity contribution is 6.03. The Labute approximate surface area is 381 Å². The van der Waals surface area contributed by atoms with E-state index >= 15 is 0 Å². The fourth-order valence-electron chi connectivity index (χ4n) is 8.28. The number of hydrogen-bond acceptors (Lipinski definition) is 16. The minimum atomic E-state index is -2.01. The quantitative estimate of drug-likeness (QED) is 0.0920. The van der Waals surface area contributed by atoms with E-state index in [9.17, 15) is 69.6 Å². The van der Waals surface area contributed by atoms with Crippen LogP contribution >= 0.6 is 0 Å². The Morgan fingerprint density at radius 3 is 1.42 bits per heavy atom. The molecular formula is C45H52N4O18. The van der Waals surface area contributed by atoms with E-state index in [-0.39, 0.29) is 43.9 Å². The van der Waals surface area contributed by atoms with Gasteiger partial charge in [-0.3, -0.25) is 19.2 Å². The lowest BCUT2D eigenvalue weighted by Gasteiger charge is -2.37. The van der Waals surface area contributed by atoms with Gasteiger partial charge in [0.15, 0.2) is 12.2 Å². The predicted octanol–water partition coefficient (Wildman–Crippen LogP) is -0.767. The van der Waals surface area contributed by atoms with Gasteiger partial charge in [-0.25, -0.2) is 9.59 Å². The average molecular weight is 937 g/mol. The third kappa shape index (κ3) is 10.1. The summed E-state index contributed by atoms with van der Waals surface area (Å²) in [5.74, 6) is -5.96. The van der Waals surface area contributed by atoms with E-state index in [0.717, 1.165) is 0 Å². The van der Waals surface area contributed by atoms with Crippen molar-refractivity contribution in [3.8, 4) is 0 Å². The Morgan fingerprint density at radius 2 is 1.01 bits per heavy atom. The standard InChI is InChI=1S/C45H52N4O18/c1-7-20-19(6)40(58)49-27(20)14-25-18(5)23(10-12-31(51)65-45-37(57)33(53)35(55)39(67-45)43(62)63)29(47-25)15-28-22(17(4)24(46-28)13-26-16(3)21(8-2)41(59)48-26)9-11-30(50)64-44-36(56)32(52)34(54)38(66-44)42(60)61/h7-8,13-14,32-39,44-47,52-57H,1-2,9-12,15H2,3-6H3,(H,48,59)(H,49,58)(H,60,61)(H,62,63)/b26-13+,27-14?/t32-,33-,34-,35-,36+,37+,38-,39-,44+,45+/m0/s1. The maximum Gasteiger partial charge on any atom is 0.335 e. The SMILES string of the molecule is C=CC1=C(C)C(=O)NC1=Cc1[nH]c(Cc2[nH]c(/C=C3/NC(=O)C(C=C)=C3C)c(C)c2CCC(=O)O[C@@H]2O[C@H](C(=O)O)[C@@H](O)[C@H](O)[C@H]2O)c(CCC(=O)O[C@@H]2O[C@H](C(=O)O)[C@@H](O)[C@H](O)[C@H]2O)c1C. The van der Waals surface area contributed by atoms with Gasteiger partial charge >= 0.3 is 23.9 Å².